The molecule has 3 aromatic rings. The summed E-state index contributed by atoms with van der Waals surface area (Å²) in [6.07, 6.45) is 4.38. The van der Waals surface area contributed by atoms with Gasteiger partial charge < -0.3 is 9.64 Å². The first-order valence-electron chi connectivity index (χ1n) is 9.35. The van der Waals surface area contributed by atoms with Gasteiger partial charge in [0.15, 0.2) is 5.13 Å². The first-order chi connectivity index (χ1) is 13.6. The van der Waals surface area contributed by atoms with Gasteiger partial charge in [-0.05, 0) is 23.8 Å². The number of aromatic nitrogens is 1. The van der Waals surface area contributed by atoms with Gasteiger partial charge in [-0.25, -0.2) is 4.98 Å². The highest BCUT2D eigenvalue weighted by Crippen LogP contribution is 2.34. The van der Waals surface area contributed by atoms with Gasteiger partial charge in [-0.3, -0.25) is 9.69 Å². The summed E-state index contributed by atoms with van der Waals surface area (Å²) in [7, 11) is 5.87. The number of benzene rings is 2. The lowest BCUT2D eigenvalue weighted by molar-refractivity contribution is -0.858. The number of quaternary nitrogens is 1. The number of para-hydroxylation sites is 1. The second kappa shape index (κ2) is 9.48. The fraction of sp³-hybridized carbons (Fsp3) is 0.273. The van der Waals surface area contributed by atoms with Crippen LogP contribution in [0.1, 0.15) is 12.0 Å². The Bertz CT molecular complexity index is 951. The molecule has 0 atom stereocenters. The van der Waals surface area contributed by atoms with E-state index in [9.17, 15) is 4.79 Å². The van der Waals surface area contributed by atoms with Crippen molar-refractivity contribution in [3.8, 4) is 5.75 Å². The lowest BCUT2D eigenvalue weighted by atomic mass is 10.2. The van der Waals surface area contributed by atoms with Crippen molar-refractivity contribution in [2.75, 3.05) is 39.2 Å². The van der Waals surface area contributed by atoms with Crippen LogP contribution >= 0.6 is 11.3 Å². The molecule has 3 rings (SSSR count). The Hall–Kier alpha value is -2.70. The van der Waals surface area contributed by atoms with Crippen LogP contribution in [-0.4, -0.2) is 45.2 Å². The number of ether oxygens (including phenoxy) is 1. The van der Waals surface area contributed by atoms with Crippen molar-refractivity contribution in [2.45, 2.75) is 6.42 Å². The lowest BCUT2D eigenvalue weighted by Crippen LogP contribution is -3.05. The standard InChI is InChI=1S/C22H25N3O2S/c1-24(2)15-8-16-25(20(26)14-13-17-9-5-4-6-10-17)22-23-21-18(27-3)11-7-12-19(21)28-22/h4-7,9-14H,8,15-16H2,1-3H3/p+1/b14-13+. The maximum absolute atomic E-state index is 13.0. The van der Waals surface area contributed by atoms with Crippen LogP contribution in [0.5, 0.6) is 5.75 Å². The Balaban J connectivity index is 1.88. The number of hydrogen-bond donors (Lipinski definition) is 1. The molecule has 1 N–H and O–H groups in total. The summed E-state index contributed by atoms with van der Waals surface area (Å²) in [5.74, 6) is 0.667. The maximum atomic E-state index is 13.0. The van der Waals surface area contributed by atoms with Gasteiger partial charge >= 0.3 is 0 Å². The summed E-state index contributed by atoms with van der Waals surface area (Å²) in [6, 6.07) is 15.7. The van der Waals surface area contributed by atoms with E-state index in [1.54, 1.807) is 18.1 Å². The minimum Gasteiger partial charge on any atom is -0.494 e. The highest BCUT2D eigenvalue weighted by Gasteiger charge is 2.19. The molecule has 0 saturated carbocycles. The van der Waals surface area contributed by atoms with Crippen LogP contribution in [0.4, 0.5) is 5.13 Å². The van der Waals surface area contributed by atoms with Crippen LogP contribution < -0.4 is 14.5 Å². The van der Waals surface area contributed by atoms with Crippen LogP contribution in [0, 0.1) is 0 Å². The largest absolute Gasteiger partial charge is 0.494 e. The normalized spacial score (nSPS) is 11.4. The zero-order valence-corrected chi connectivity index (χ0v) is 17.3. The van der Waals surface area contributed by atoms with Gasteiger partial charge in [0.1, 0.15) is 11.3 Å². The third-order valence-corrected chi connectivity index (χ3v) is 5.41. The van der Waals surface area contributed by atoms with Crippen molar-refractivity contribution in [3.05, 3.63) is 60.2 Å². The molecule has 1 amide bonds. The maximum Gasteiger partial charge on any atom is 0.252 e. The lowest BCUT2D eigenvalue weighted by Gasteiger charge is -2.18. The third-order valence-electron chi connectivity index (χ3n) is 4.36. The number of amides is 1. The van der Waals surface area contributed by atoms with Crippen LogP contribution in [0.25, 0.3) is 16.3 Å². The van der Waals surface area contributed by atoms with Crippen molar-refractivity contribution in [1.82, 2.24) is 4.98 Å². The monoisotopic (exact) mass is 396 g/mol. The first kappa shape index (κ1) is 20.0. The Morgan fingerprint density at radius 3 is 2.68 bits per heavy atom. The molecule has 5 nitrogen and oxygen atoms in total. The first-order valence-corrected chi connectivity index (χ1v) is 10.2. The van der Waals surface area contributed by atoms with Gasteiger partial charge in [-0.2, -0.15) is 0 Å². The van der Waals surface area contributed by atoms with Crippen LogP contribution in [0.2, 0.25) is 0 Å². The molecule has 0 aliphatic rings. The van der Waals surface area contributed by atoms with E-state index in [4.69, 9.17) is 9.72 Å². The van der Waals surface area contributed by atoms with Crippen molar-refractivity contribution in [2.24, 2.45) is 0 Å². The molecular weight excluding hydrogens is 370 g/mol. The summed E-state index contributed by atoms with van der Waals surface area (Å²) < 4.78 is 6.43. The number of nitrogens with zero attached hydrogens (tertiary/aromatic N) is 2. The van der Waals surface area contributed by atoms with Gasteiger partial charge in [0.2, 0.25) is 0 Å². The molecule has 0 saturated heterocycles. The summed E-state index contributed by atoms with van der Waals surface area (Å²) in [5.41, 5.74) is 1.80. The number of rotatable bonds is 8. The fourth-order valence-electron chi connectivity index (χ4n) is 2.90. The molecular formula is C22H26N3O2S+. The zero-order chi connectivity index (χ0) is 19.9. The van der Waals surface area contributed by atoms with Gasteiger partial charge in [0, 0.05) is 19.0 Å². The molecule has 0 aliphatic carbocycles. The van der Waals surface area contributed by atoms with E-state index in [-0.39, 0.29) is 5.91 Å². The molecule has 0 unspecified atom stereocenters. The Labute approximate surface area is 169 Å². The van der Waals surface area contributed by atoms with E-state index < -0.39 is 0 Å². The fourth-order valence-corrected chi connectivity index (χ4v) is 3.92. The highest BCUT2D eigenvalue weighted by atomic mass is 32.1. The minimum atomic E-state index is -0.0596. The van der Waals surface area contributed by atoms with E-state index in [1.807, 2.05) is 54.6 Å². The molecule has 28 heavy (non-hydrogen) atoms. The second-order valence-corrected chi connectivity index (χ2v) is 7.86. The van der Waals surface area contributed by atoms with E-state index in [2.05, 4.69) is 14.1 Å². The molecule has 146 valence electrons. The van der Waals surface area contributed by atoms with Gasteiger partial charge in [0.05, 0.1) is 32.4 Å². The number of fused-ring (bicyclic) bond motifs is 1. The van der Waals surface area contributed by atoms with Gasteiger partial charge in [0.25, 0.3) is 5.91 Å². The van der Waals surface area contributed by atoms with E-state index in [0.717, 1.165) is 34.5 Å². The molecule has 1 heterocycles. The van der Waals surface area contributed by atoms with Gasteiger partial charge in [-0.1, -0.05) is 47.7 Å². The minimum absolute atomic E-state index is 0.0596. The highest BCUT2D eigenvalue weighted by molar-refractivity contribution is 7.22. The van der Waals surface area contributed by atoms with Crippen molar-refractivity contribution >= 4 is 38.7 Å². The number of carbonyl (C=O) groups is 1. The molecule has 0 bridgehead atoms. The van der Waals surface area contributed by atoms with Crippen LogP contribution in [-0.2, 0) is 4.79 Å². The van der Waals surface area contributed by atoms with Crippen molar-refractivity contribution in [1.29, 1.82) is 0 Å². The number of methoxy groups -OCH3 is 1. The zero-order valence-electron chi connectivity index (χ0n) is 16.5. The summed E-state index contributed by atoms with van der Waals surface area (Å²) in [6.45, 7) is 1.62. The summed E-state index contributed by atoms with van der Waals surface area (Å²) in [5, 5.41) is 0.705. The second-order valence-electron chi connectivity index (χ2n) is 6.85. The average molecular weight is 397 g/mol. The molecule has 6 heteroatoms. The topological polar surface area (TPSA) is 46.9 Å². The smallest absolute Gasteiger partial charge is 0.252 e. The van der Waals surface area contributed by atoms with E-state index >= 15 is 0 Å². The van der Waals surface area contributed by atoms with E-state index in [1.165, 1.54) is 16.2 Å². The van der Waals surface area contributed by atoms with Crippen LogP contribution in [0.3, 0.4) is 0 Å². The number of hydrogen-bond acceptors (Lipinski definition) is 4. The Morgan fingerprint density at radius 1 is 1.18 bits per heavy atom. The molecule has 0 fully saturated rings. The van der Waals surface area contributed by atoms with Crippen molar-refractivity contribution in [3.63, 3.8) is 0 Å². The summed E-state index contributed by atoms with van der Waals surface area (Å²) in [4.78, 5) is 20.8. The predicted octanol–water partition coefficient (Wildman–Crippen LogP) is 2.89. The number of thiazole rings is 1. The Morgan fingerprint density at radius 2 is 1.96 bits per heavy atom. The predicted molar refractivity (Wildman–Crippen MR) is 116 cm³/mol. The number of carbonyl (C=O) groups excluding carboxylic acids is 1. The van der Waals surface area contributed by atoms with Crippen LogP contribution in [0.15, 0.2) is 54.6 Å². The third kappa shape index (κ3) is 4.97. The van der Waals surface area contributed by atoms with Crippen molar-refractivity contribution < 1.29 is 14.4 Å². The van der Waals surface area contributed by atoms with E-state index in [0.29, 0.717) is 11.7 Å². The van der Waals surface area contributed by atoms with Gasteiger partial charge in [-0.15, -0.1) is 0 Å². The molecule has 0 aliphatic heterocycles. The SMILES string of the molecule is COc1cccc2sc(N(CCC[NH+](C)C)C(=O)/C=C/c3ccccc3)nc12. The molecule has 2 aromatic carbocycles. The number of nitrogens with one attached hydrogen (secondary N) is 1. The molecule has 0 radical (unpaired) electrons. The molecule has 1 aromatic heterocycles. The Kier molecular flexibility index (Phi) is 6.79. The quantitative estimate of drug-likeness (QED) is 0.596. The summed E-state index contributed by atoms with van der Waals surface area (Å²) >= 11 is 1.52. The molecule has 0 spiro atoms. The number of anilines is 1. The average Bonchev–Trinajstić information content (AvgIpc) is 3.14.